The molecule has 3 heterocycles. The molecule has 0 bridgehead atoms. The second-order valence-electron chi connectivity index (χ2n) is 7.51. The topological polar surface area (TPSA) is 67.2 Å². The predicted octanol–water partition coefficient (Wildman–Crippen LogP) is 3.50. The zero-order chi connectivity index (χ0) is 23.9. The Bertz CT molecular complexity index is 1290. The Morgan fingerprint density at radius 1 is 1.18 bits per heavy atom. The Labute approximate surface area is 182 Å². The lowest BCUT2D eigenvalue weighted by molar-refractivity contribution is -0.123. The third kappa shape index (κ3) is 4.64. The highest BCUT2D eigenvalue weighted by atomic mass is 19.4. The Morgan fingerprint density at radius 2 is 1.94 bits per heavy atom. The van der Waals surface area contributed by atoms with E-state index >= 15 is 0 Å². The van der Waals surface area contributed by atoms with Gasteiger partial charge in [-0.2, -0.15) is 13.2 Å². The van der Waals surface area contributed by atoms with Crippen LogP contribution >= 0.6 is 0 Å². The number of carbonyl (C=O) groups excluding carboxylic acids is 1. The highest BCUT2D eigenvalue weighted by molar-refractivity contribution is 5.97. The molecule has 0 spiro atoms. The summed E-state index contributed by atoms with van der Waals surface area (Å²) in [6.45, 7) is -1.26. The fourth-order valence-corrected chi connectivity index (χ4v) is 3.59. The van der Waals surface area contributed by atoms with E-state index in [1.165, 1.54) is 12.1 Å². The number of benzene rings is 1. The van der Waals surface area contributed by atoms with Crippen molar-refractivity contribution in [3.63, 3.8) is 0 Å². The van der Waals surface area contributed by atoms with Crippen molar-refractivity contribution in [2.24, 2.45) is 0 Å². The third-order valence-corrected chi connectivity index (χ3v) is 5.15. The number of hydrogen-bond donors (Lipinski definition) is 1. The average molecular weight is 470 g/mol. The van der Waals surface area contributed by atoms with Gasteiger partial charge in [0.15, 0.2) is 5.65 Å². The average Bonchev–Trinajstić information content (AvgIpc) is 3.18. The quantitative estimate of drug-likeness (QED) is 0.593. The standard InChI is InChI=1S/C21H16F6N4O2/c22-11-1-3-16(15(24)7-11)31-9-14(20(33)28-10-21(25,26)27)18(32)13-2-4-17(29-19(13)31)30-6-5-12(23)8-30/h1-4,7,9,12H,5-6,8,10H2,(H,28,33)/t12-/m0/s1. The fraction of sp³-hybridized carbons (Fsp3) is 0.286. The summed E-state index contributed by atoms with van der Waals surface area (Å²) in [6, 6.07) is 5.23. The molecule has 1 amide bonds. The maximum Gasteiger partial charge on any atom is 0.405 e. The number of fused-ring (bicyclic) bond motifs is 1. The number of amides is 1. The van der Waals surface area contributed by atoms with Gasteiger partial charge in [-0.1, -0.05) is 0 Å². The van der Waals surface area contributed by atoms with Crippen LogP contribution in [0.3, 0.4) is 0 Å². The molecule has 0 radical (unpaired) electrons. The number of pyridine rings is 2. The zero-order valence-electron chi connectivity index (χ0n) is 16.8. The lowest BCUT2D eigenvalue weighted by Crippen LogP contribution is -2.36. The van der Waals surface area contributed by atoms with E-state index in [2.05, 4.69) is 4.98 Å². The monoisotopic (exact) mass is 470 g/mol. The molecule has 12 heteroatoms. The van der Waals surface area contributed by atoms with Crippen LogP contribution in [0.4, 0.5) is 32.2 Å². The number of alkyl halides is 4. The Hall–Kier alpha value is -3.57. The molecule has 1 N–H and O–H groups in total. The third-order valence-electron chi connectivity index (χ3n) is 5.15. The molecule has 0 unspecified atom stereocenters. The van der Waals surface area contributed by atoms with E-state index in [4.69, 9.17) is 0 Å². The molecule has 3 aromatic rings. The van der Waals surface area contributed by atoms with Crippen molar-refractivity contribution in [2.45, 2.75) is 18.8 Å². The van der Waals surface area contributed by atoms with Gasteiger partial charge in [-0.25, -0.2) is 18.2 Å². The predicted molar refractivity (Wildman–Crippen MR) is 107 cm³/mol. The molecule has 1 atom stereocenters. The summed E-state index contributed by atoms with van der Waals surface area (Å²) < 4.78 is 80.2. The molecule has 1 aromatic carbocycles. The van der Waals surface area contributed by atoms with Crippen LogP contribution in [0, 0.1) is 11.6 Å². The lowest BCUT2D eigenvalue weighted by atomic mass is 10.1. The van der Waals surface area contributed by atoms with Crippen LogP contribution in [0.25, 0.3) is 16.7 Å². The highest BCUT2D eigenvalue weighted by Crippen LogP contribution is 2.25. The molecule has 1 fully saturated rings. The lowest BCUT2D eigenvalue weighted by Gasteiger charge is -2.19. The summed E-state index contributed by atoms with van der Waals surface area (Å²) in [7, 11) is 0. The molecule has 6 nitrogen and oxygen atoms in total. The Morgan fingerprint density at radius 3 is 2.58 bits per heavy atom. The van der Waals surface area contributed by atoms with E-state index in [0.717, 1.165) is 22.9 Å². The van der Waals surface area contributed by atoms with Gasteiger partial charge < -0.3 is 10.2 Å². The largest absolute Gasteiger partial charge is 0.405 e. The fourth-order valence-electron chi connectivity index (χ4n) is 3.59. The van der Waals surface area contributed by atoms with Gasteiger partial charge in [0.1, 0.15) is 35.7 Å². The molecule has 4 rings (SSSR count). The number of aromatic nitrogens is 2. The van der Waals surface area contributed by atoms with E-state index in [1.54, 1.807) is 10.2 Å². The van der Waals surface area contributed by atoms with E-state index in [-0.39, 0.29) is 35.5 Å². The number of hydrogen-bond acceptors (Lipinski definition) is 4. The van der Waals surface area contributed by atoms with Crippen molar-refractivity contribution >= 4 is 22.8 Å². The zero-order valence-corrected chi connectivity index (χ0v) is 16.8. The summed E-state index contributed by atoms with van der Waals surface area (Å²) in [5, 5.41) is 1.42. The number of anilines is 1. The molecule has 1 aliphatic heterocycles. The first-order valence-corrected chi connectivity index (χ1v) is 9.79. The van der Waals surface area contributed by atoms with E-state index in [9.17, 15) is 35.9 Å². The van der Waals surface area contributed by atoms with Crippen molar-refractivity contribution in [2.75, 3.05) is 24.5 Å². The Kier molecular flexibility index (Phi) is 5.76. The maximum absolute atomic E-state index is 14.6. The molecule has 33 heavy (non-hydrogen) atoms. The first-order chi connectivity index (χ1) is 15.5. The highest BCUT2D eigenvalue weighted by Gasteiger charge is 2.29. The summed E-state index contributed by atoms with van der Waals surface area (Å²) >= 11 is 0. The number of nitrogens with one attached hydrogen (secondary N) is 1. The molecular formula is C21H16F6N4O2. The SMILES string of the molecule is O=C(NCC(F)(F)F)c1cn(-c2ccc(F)cc2F)c2nc(N3CC[C@H](F)C3)ccc2c1=O. The first-order valence-electron chi connectivity index (χ1n) is 9.79. The maximum atomic E-state index is 14.6. The van der Waals surface area contributed by atoms with Gasteiger partial charge >= 0.3 is 6.18 Å². The van der Waals surface area contributed by atoms with Crippen LogP contribution in [0.2, 0.25) is 0 Å². The van der Waals surface area contributed by atoms with Gasteiger partial charge in [0.05, 0.1) is 17.6 Å². The molecule has 0 saturated carbocycles. The summed E-state index contributed by atoms with van der Waals surface area (Å²) in [5.74, 6) is -2.98. The number of halogens is 6. The molecule has 1 saturated heterocycles. The van der Waals surface area contributed by atoms with Gasteiger partial charge in [0.25, 0.3) is 5.91 Å². The van der Waals surface area contributed by atoms with Crippen LogP contribution < -0.4 is 15.6 Å². The van der Waals surface area contributed by atoms with Gasteiger partial charge in [-0.15, -0.1) is 0 Å². The van der Waals surface area contributed by atoms with E-state index < -0.39 is 47.4 Å². The van der Waals surface area contributed by atoms with Gasteiger partial charge in [-0.3, -0.25) is 14.2 Å². The van der Waals surface area contributed by atoms with Crippen molar-refractivity contribution in [3.8, 4) is 5.69 Å². The molecule has 2 aromatic heterocycles. The first kappa shape index (κ1) is 22.6. The van der Waals surface area contributed by atoms with E-state index in [0.29, 0.717) is 12.6 Å². The molecule has 174 valence electrons. The molecular weight excluding hydrogens is 454 g/mol. The minimum atomic E-state index is -4.71. The van der Waals surface area contributed by atoms with Gasteiger partial charge in [0.2, 0.25) is 5.43 Å². The number of rotatable bonds is 4. The van der Waals surface area contributed by atoms with Crippen LogP contribution in [0.1, 0.15) is 16.8 Å². The van der Waals surface area contributed by atoms with Gasteiger partial charge in [-0.05, 0) is 30.7 Å². The van der Waals surface area contributed by atoms with Crippen LogP contribution in [-0.4, -0.2) is 47.4 Å². The minimum Gasteiger partial charge on any atom is -0.354 e. The summed E-state index contributed by atoms with van der Waals surface area (Å²) in [4.78, 5) is 31.2. The Balaban J connectivity index is 1.90. The smallest absolute Gasteiger partial charge is 0.354 e. The van der Waals surface area contributed by atoms with Crippen LogP contribution in [0.15, 0.2) is 41.3 Å². The van der Waals surface area contributed by atoms with Crippen LogP contribution in [-0.2, 0) is 0 Å². The second-order valence-corrected chi connectivity index (χ2v) is 7.51. The summed E-state index contributed by atoms with van der Waals surface area (Å²) in [6.07, 6.45) is -4.66. The van der Waals surface area contributed by atoms with Gasteiger partial charge in [0, 0.05) is 18.8 Å². The minimum absolute atomic E-state index is 0.0611. The number of nitrogens with zero attached hydrogens (tertiary/aromatic N) is 3. The van der Waals surface area contributed by atoms with Crippen molar-refractivity contribution < 1.29 is 31.1 Å². The van der Waals surface area contributed by atoms with Crippen LogP contribution in [0.5, 0.6) is 0 Å². The molecule has 1 aliphatic rings. The van der Waals surface area contributed by atoms with Crippen molar-refractivity contribution in [1.82, 2.24) is 14.9 Å². The van der Waals surface area contributed by atoms with Crippen molar-refractivity contribution in [3.05, 3.63) is 63.9 Å². The normalized spacial score (nSPS) is 16.4. The molecule has 0 aliphatic carbocycles. The second kappa shape index (κ2) is 8.41. The van der Waals surface area contributed by atoms with Crippen molar-refractivity contribution in [1.29, 1.82) is 0 Å². The van der Waals surface area contributed by atoms with E-state index in [1.807, 2.05) is 0 Å². The summed E-state index contributed by atoms with van der Waals surface area (Å²) in [5.41, 5.74) is -2.03. The number of carbonyl (C=O) groups is 1.